The SMILES string of the molecule is CN(C)C(=O)CNc1cccc(C(=O)N(C)Cc2ccccc2)c1. The van der Waals surface area contributed by atoms with Crippen molar-refractivity contribution in [1.82, 2.24) is 9.80 Å². The fourth-order valence-corrected chi connectivity index (χ4v) is 2.25. The molecule has 0 bridgehead atoms. The molecule has 2 aromatic carbocycles. The second-order valence-corrected chi connectivity index (χ2v) is 5.87. The molecule has 0 saturated heterocycles. The first kappa shape index (κ1) is 17.5. The van der Waals surface area contributed by atoms with Crippen LogP contribution >= 0.6 is 0 Å². The number of carbonyl (C=O) groups is 2. The summed E-state index contributed by atoms with van der Waals surface area (Å²) in [6, 6.07) is 17.1. The lowest BCUT2D eigenvalue weighted by atomic mass is 10.1. The first-order chi connectivity index (χ1) is 11.5. The molecule has 0 radical (unpaired) electrons. The minimum absolute atomic E-state index is 0.0204. The Balaban J connectivity index is 2.01. The molecule has 2 aromatic rings. The fraction of sp³-hybridized carbons (Fsp3) is 0.263. The number of carbonyl (C=O) groups excluding carboxylic acids is 2. The number of nitrogens with zero attached hydrogens (tertiary/aromatic N) is 2. The van der Waals surface area contributed by atoms with Crippen LogP contribution in [-0.4, -0.2) is 49.3 Å². The summed E-state index contributed by atoms with van der Waals surface area (Å²) in [5.41, 5.74) is 2.43. The smallest absolute Gasteiger partial charge is 0.253 e. The first-order valence-electron chi connectivity index (χ1n) is 7.81. The maximum Gasteiger partial charge on any atom is 0.253 e. The molecule has 0 fully saturated rings. The Labute approximate surface area is 142 Å². The average Bonchev–Trinajstić information content (AvgIpc) is 2.60. The standard InChI is InChI=1S/C19H23N3O2/c1-21(2)18(23)13-20-17-11-7-10-16(12-17)19(24)22(3)14-15-8-5-4-6-9-15/h4-12,20H,13-14H2,1-3H3. The van der Waals surface area contributed by atoms with Gasteiger partial charge in [0.15, 0.2) is 0 Å². The zero-order valence-corrected chi connectivity index (χ0v) is 14.3. The van der Waals surface area contributed by atoms with E-state index in [0.717, 1.165) is 11.3 Å². The molecule has 126 valence electrons. The van der Waals surface area contributed by atoms with Crippen molar-refractivity contribution in [3.05, 3.63) is 65.7 Å². The van der Waals surface area contributed by atoms with Crippen molar-refractivity contribution in [2.45, 2.75) is 6.54 Å². The van der Waals surface area contributed by atoms with E-state index in [1.807, 2.05) is 42.5 Å². The van der Waals surface area contributed by atoms with Gasteiger partial charge >= 0.3 is 0 Å². The molecule has 2 amide bonds. The fourth-order valence-electron chi connectivity index (χ4n) is 2.25. The minimum atomic E-state index is -0.0542. The third-order valence-corrected chi connectivity index (χ3v) is 3.66. The highest BCUT2D eigenvalue weighted by Gasteiger charge is 2.13. The number of nitrogens with one attached hydrogen (secondary N) is 1. The summed E-state index contributed by atoms with van der Waals surface area (Å²) in [5.74, 6) is -0.0747. The van der Waals surface area contributed by atoms with Crippen LogP contribution in [0.25, 0.3) is 0 Å². The Morgan fingerprint density at radius 1 is 0.958 bits per heavy atom. The third-order valence-electron chi connectivity index (χ3n) is 3.66. The Hall–Kier alpha value is -2.82. The van der Waals surface area contributed by atoms with Gasteiger partial charge in [0.25, 0.3) is 5.91 Å². The van der Waals surface area contributed by atoms with Crippen LogP contribution in [0.15, 0.2) is 54.6 Å². The zero-order valence-electron chi connectivity index (χ0n) is 14.3. The molecule has 0 saturated carbocycles. The van der Waals surface area contributed by atoms with Crippen LogP contribution in [0.2, 0.25) is 0 Å². The van der Waals surface area contributed by atoms with Gasteiger partial charge in [0.05, 0.1) is 6.54 Å². The molecular weight excluding hydrogens is 302 g/mol. The van der Waals surface area contributed by atoms with Gasteiger partial charge in [-0.05, 0) is 23.8 Å². The van der Waals surface area contributed by atoms with Crippen LogP contribution in [0.1, 0.15) is 15.9 Å². The Kier molecular flexibility index (Phi) is 5.95. The summed E-state index contributed by atoms with van der Waals surface area (Å²) in [7, 11) is 5.20. The van der Waals surface area contributed by atoms with Gasteiger partial charge in [-0.25, -0.2) is 0 Å². The number of hydrogen-bond donors (Lipinski definition) is 1. The van der Waals surface area contributed by atoms with Gasteiger partial charge in [0.2, 0.25) is 5.91 Å². The third kappa shape index (κ3) is 4.84. The first-order valence-corrected chi connectivity index (χ1v) is 7.81. The lowest BCUT2D eigenvalue weighted by Gasteiger charge is -2.18. The van der Waals surface area contributed by atoms with Crippen LogP contribution in [0.4, 0.5) is 5.69 Å². The Bertz CT molecular complexity index is 699. The minimum Gasteiger partial charge on any atom is -0.376 e. The normalized spacial score (nSPS) is 10.1. The van der Waals surface area contributed by atoms with Gasteiger partial charge in [-0.15, -0.1) is 0 Å². The Morgan fingerprint density at radius 3 is 2.33 bits per heavy atom. The predicted molar refractivity (Wildman–Crippen MR) is 95.9 cm³/mol. The summed E-state index contributed by atoms with van der Waals surface area (Å²) in [6.45, 7) is 0.751. The van der Waals surface area contributed by atoms with E-state index in [0.29, 0.717) is 12.1 Å². The van der Waals surface area contributed by atoms with Crippen molar-refractivity contribution in [2.75, 3.05) is 33.0 Å². The van der Waals surface area contributed by atoms with Gasteiger partial charge in [-0.2, -0.15) is 0 Å². The van der Waals surface area contributed by atoms with Crippen LogP contribution in [0, 0.1) is 0 Å². The molecule has 0 spiro atoms. The molecule has 0 heterocycles. The van der Waals surface area contributed by atoms with Gasteiger partial charge in [0.1, 0.15) is 0 Å². The summed E-state index contributed by atoms with van der Waals surface area (Å²) in [5, 5.41) is 3.05. The lowest BCUT2D eigenvalue weighted by molar-refractivity contribution is -0.126. The number of likely N-dealkylation sites (N-methyl/N-ethyl adjacent to an activating group) is 1. The molecule has 0 aliphatic rings. The summed E-state index contributed by atoms with van der Waals surface area (Å²) in [4.78, 5) is 27.4. The highest BCUT2D eigenvalue weighted by Crippen LogP contribution is 2.13. The highest BCUT2D eigenvalue weighted by molar-refractivity contribution is 5.95. The van der Waals surface area contributed by atoms with Crippen LogP contribution in [0.5, 0.6) is 0 Å². The van der Waals surface area contributed by atoms with E-state index in [4.69, 9.17) is 0 Å². The molecule has 0 aliphatic carbocycles. The molecule has 5 nitrogen and oxygen atoms in total. The van der Waals surface area contributed by atoms with Crippen molar-refractivity contribution in [1.29, 1.82) is 0 Å². The molecule has 5 heteroatoms. The van der Waals surface area contributed by atoms with E-state index < -0.39 is 0 Å². The molecule has 1 N–H and O–H groups in total. The van der Waals surface area contributed by atoms with E-state index in [-0.39, 0.29) is 18.4 Å². The van der Waals surface area contributed by atoms with Crippen LogP contribution in [-0.2, 0) is 11.3 Å². The maximum absolute atomic E-state index is 12.6. The van der Waals surface area contributed by atoms with Crippen LogP contribution in [0.3, 0.4) is 0 Å². The summed E-state index contributed by atoms with van der Waals surface area (Å²) >= 11 is 0. The number of anilines is 1. The van der Waals surface area contributed by atoms with Crippen molar-refractivity contribution in [3.63, 3.8) is 0 Å². The van der Waals surface area contributed by atoms with E-state index in [9.17, 15) is 9.59 Å². The van der Waals surface area contributed by atoms with Crippen LogP contribution < -0.4 is 5.32 Å². The molecule has 2 rings (SSSR count). The number of benzene rings is 2. The number of rotatable bonds is 6. The highest BCUT2D eigenvalue weighted by atomic mass is 16.2. The Morgan fingerprint density at radius 2 is 1.67 bits per heavy atom. The molecule has 0 aliphatic heterocycles. The number of amides is 2. The molecule has 0 atom stereocenters. The monoisotopic (exact) mass is 325 g/mol. The topological polar surface area (TPSA) is 52.7 Å². The van der Waals surface area contributed by atoms with Gasteiger partial charge in [0, 0.05) is 38.9 Å². The molecule has 0 unspecified atom stereocenters. The quantitative estimate of drug-likeness (QED) is 0.887. The van der Waals surface area contributed by atoms with Crippen molar-refractivity contribution in [2.24, 2.45) is 0 Å². The molecule has 24 heavy (non-hydrogen) atoms. The van der Waals surface area contributed by atoms with Gasteiger partial charge in [-0.1, -0.05) is 36.4 Å². The zero-order chi connectivity index (χ0) is 17.5. The predicted octanol–water partition coefficient (Wildman–Crippen LogP) is 2.46. The van der Waals surface area contributed by atoms with E-state index in [2.05, 4.69) is 5.32 Å². The lowest BCUT2D eigenvalue weighted by Crippen LogP contribution is -2.29. The molecule has 0 aromatic heterocycles. The largest absolute Gasteiger partial charge is 0.376 e. The van der Waals surface area contributed by atoms with Crippen molar-refractivity contribution in [3.8, 4) is 0 Å². The van der Waals surface area contributed by atoms with E-state index in [1.165, 1.54) is 4.90 Å². The van der Waals surface area contributed by atoms with E-state index in [1.54, 1.807) is 38.2 Å². The van der Waals surface area contributed by atoms with E-state index >= 15 is 0 Å². The second kappa shape index (κ2) is 8.15. The summed E-state index contributed by atoms with van der Waals surface area (Å²) < 4.78 is 0. The number of hydrogen-bond acceptors (Lipinski definition) is 3. The van der Waals surface area contributed by atoms with Crippen molar-refractivity contribution >= 4 is 17.5 Å². The molecular formula is C19H23N3O2. The van der Waals surface area contributed by atoms with Crippen molar-refractivity contribution < 1.29 is 9.59 Å². The summed E-state index contributed by atoms with van der Waals surface area (Å²) in [6.07, 6.45) is 0. The van der Waals surface area contributed by atoms with Gasteiger partial charge < -0.3 is 15.1 Å². The average molecular weight is 325 g/mol. The van der Waals surface area contributed by atoms with Gasteiger partial charge in [-0.3, -0.25) is 9.59 Å². The second-order valence-electron chi connectivity index (χ2n) is 5.87. The maximum atomic E-state index is 12.6.